The van der Waals surface area contributed by atoms with Gasteiger partial charge in [0.05, 0.1) is 11.7 Å². The first kappa shape index (κ1) is 13.0. The molecule has 0 atom stereocenters. The average Bonchev–Trinajstić information content (AvgIpc) is 2.88. The molecule has 100 valence electrons. The molecule has 6 heteroatoms. The van der Waals surface area contributed by atoms with Crippen molar-refractivity contribution in [1.29, 1.82) is 0 Å². The maximum Gasteiger partial charge on any atom is 0.240 e. The fraction of sp³-hybridized carbons (Fsp3) is 0.750. The Morgan fingerprint density at radius 1 is 1.39 bits per heavy atom. The molecular formula is C12H21N5O. The molecule has 6 nitrogen and oxygen atoms in total. The van der Waals surface area contributed by atoms with Crippen molar-refractivity contribution in [3.05, 3.63) is 12.4 Å². The van der Waals surface area contributed by atoms with Crippen molar-refractivity contribution in [3.63, 3.8) is 0 Å². The van der Waals surface area contributed by atoms with Crippen LogP contribution in [0.5, 0.6) is 0 Å². The minimum atomic E-state index is -0.633. The highest BCUT2D eigenvalue weighted by Crippen LogP contribution is 2.25. The molecule has 0 radical (unpaired) electrons. The number of amides is 1. The van der Waals surface area contributed by atoms with E-state index in [1.807, 2.05) is 6.20 Å². The Kier molecular flexibility index (Phi) is 4.30. The molecule has 1 aliphatic carbocycles. The predicted octanol–water partition coefficient (Wildman–Crippen LogP) is 0.446. The van der Waals surface area contributed by atoms with Crippen LogP contribution in [-0.2, 0) is 11.3 Å². The predicted molar refractivity (Wildman–Crippen MR) is 67.7 cm³/mol. The van der Waals surface area contributed by atoms with Gasteiger partial charge >= 0.3 is 0 Å². The number of nitrogens with one attached hydrogen (secondary N) is 1. The highest BCUT2D eigenvalue weighted by Gasteiger charge is 2.34. The highest BCUT2D eigenvalue weighted by molar-refractivity contribution is 5.86. The van der Waals surface area contributed by atoms with Crippen LogP contribution in [0, 0.1) is 0 Å². The van der Waals surface area contributed by atoms with Gasteiger partial charge in [-0.1, -0.05) is 24.5 Å². The first-order valence-electron chi connectivity index (χ1n) is 6.62. The number of aromatic nitrogens is 3. The Morgan fingerprint density at radius 3 is 2.83 bits per heavy atom. The molecule has 18 heavy (non-hydrogen) atoms. The van der Waals surface area contributed by atoms with Gasteiger partial charge < -0.3 is 11.1 Å². The molecule has 1 fully saturated rings. The second kappa shape index (κ2) is 5.95. The topological polar surface area (TPSA) is 85.8 Å². The second-order valence-corrected chi connectivity index (χ2v) is 4.99. The minimum absolute atomic E-state index is 0.000732. The van der Waals surface area contributed by atoms with Crippen LogP contribution < -0.4 is 11.1 Å². The molecule has 2 rings (SSSR count). The van der Waals surface area contributed by atoms with Gasteiger partial charge in [0, 0.05) is 19.3 Å². The summed E-state index contributed by atoms with van der Waals surface area (Å²) in [5.74, 6) is 0.000732. The average molecular weight is 251 g/mol. The van der Waals surface area contributed by atoms with Crippen LogP contribution >= 0.6 is 0 Å². The van der Waals surface area contributed by atoms with Crippen molar-refractivity contribution >= 4 is 5.91 Å². The van der Waals surface area contributed by atoms with Crippen LogP contribution in [0.15, 0.2) is 12.4 Å². The Bertz CT molecular complexity index is 370. The van der Waals surface area contributed by atoms with Gasteiger partial charge in [0.2, 0.25) is 5.91 Å². The van der Waals surface area contributed by atoms with E-state index in [0.717, 1.165) is 38.6 Å². The van der Waals surface area contributed by atoms with Crippen molar-refractivity contribution in [1.82, 2.24) is 20.3 Å². The molecule has 1 aromatic heterocycles. The lowest BCUT2D eigenvalue weighted by Crippen LogP contribution is -2.55. The quantitative estimate of drug-likeness (QED) is 0.744. The summed E-state index contributed by atoms with van der Waals surface area (Å²) >= 11 is 0. The summed E-state index contributed by atoms with van der Waals surface area (Å²) in [7, 11) is 0. The van der Waals surface area contributed by atoms with Crippen molar-refractivity contribution in [2.24, 2.45) is 5.73 Å². The van der Waals surface area contributed by atoms with Gasteiger partial charge in [-0.3, -0.25) is 9.48 Å². The molecule has 0 saturated heterocycles. The summed E-state index contributed by atoms with van der Waals surface area (Å²) in [6.45, 7) is 1.40. The van der Waals surface area contributed by atoms with Gasteiger partial charge in [0.1, 0.15) is 0 Å². The fourth-order valence-corrected chi connectivity index (χ4v) is 2.38. The number of hydrogen-bond acceptors (Lipinski definition) is 4. The first-order valence-corrected chi connectivity index (χ1v) is 6.62. The van der Waals surface area contributed by atoms with Crippen molar-refractivity contribution in [2.45, 2.75) is 50.6 Å². The zero-order valence-corrected chi connectivity index (χ0v) is 10.6. The van der Waals surface area contributed by atoms with Gasteiger partial charge in [-0.15, -0.1) is 5.10 Å². The number of hydrogen-bond donors (Lipinski definition) is 2. The number of carbonyl (C=O) groups is 1. The third-order valence-corrected chi connectivity index (χ3v) is 3.52. The summed E-state index contributed by atoms with van der Waals surface area (Å²) in [5, 5.41) is 10.5. The van der Waals surface area contributed by atoms with Gasteiger partial charge in [-0.05, 0) is 19.3 Å². The molecule has 1 heterocycles. The fourth-order valence-electron chi connectivity index (χ4n) is 2.38. The molecule has 3 N–H and O–H groups in total. The lowest BCUT2D eigenvalue weighted by Gasteiger charge is -2.31. The molecule has 0 unspecified atom stereocenters. The van der Waals surface area contributed by atoms with Crippen molar-refractivity contribution in [2.75, 3.05) is 6.54 Å². The summed E-state index contributed by atoms with van der Waals surface area (Å²) in [6, 6.07) is 0. The lowest BCUT2D eigenvalue weighted by molar-refractivity contribution is -0.127. The van der Waals surface area contributed by atoms with E-state index in [1.54, 1.807) is 10.9 Å². The molecule has 0 aromatic carbocycles. The summed E-state index contributed by atoms with van der Waals surface area (Å²) in [4.78, 5) is 12.0. The molecule has 1 aromatic rings. The minimum Gasteiger partial charge on any atom is -0.354 e. The monoisotopic (exact) mass is 251 g/mol. The Hall–Kier alpha value is -1.43. The van der Waals surface area contributed by atoms with E-state index in [0.29, 0.717) is 6.54 Å². The number of nitrogens with zero attached hydrogens (tertiary/aromatic N) is 3. The third kappa shape index (κ3) is 3.29. The van der Waals surface area contributed by atoms with Crippen LogP contribution in [0.3, 0.4) is 0 Å². The Labute approximate surface area is 107 Å². The van der Waals surface area contributed by atoms with Crippen LogP contribution in [0.2, 0.25) is 0 Å². The van der Waals surface area contributed by atoms with Crippen LogP contribution in [0.25, 0.3) is 0 Å². The number of rotatable bonds is 5. The number of aryl methyl sites for hydroxylation is 1. The van der Waals surface area contributed by atoms with E-state index in [2.05, 4.69) is 15.6 Å². The SMILES string of the molecule is NC1(C(=O)NCCCn2ccnn2)CCCCC1. The Balaban J connectivity index is 1.68. The molecule has 0 spiro atoms. The van der Waals surface area contributed by atoms with Gasteiger partial charge in [0.15, 0.2) is 0 Å². The molecule has 1 saturated carbocycles. The van der Waals surface area contributed by atoms with E-state index in [9.17, 15) is 4.79 Å². The summed E-state index contributed by atoms with van der Waals surface area (Å²) in [5.41, 5.74) is 5.51. The first-order chi connectivity index (χ1) is 8.71. The summed E-state index contributed by atoms with van der Waals surface area (Å²) < 4.78 is 1.75. The zero-order valence-electron chi connectivity index (χ0n) is 10.6. The molecule has 0 bridgehead atoms. The second-order valence-electron chi connectivity index (χ2n) is 4.99. The molecule has 0 aliphatic heterocycles. The maximum atomic E-state index is 12.0. The van der Waals surface area contributed by atoms with E-state index in [4.69, 9.17) is 5.73 Å². The highest BCUT2D eigenvalue weighted by atomic mass is 16.2. The van der Waals surface area contributed by atoms with Gasteiger partial charge in [-0.25, -0.2) is 0 Å². The lowest BCUT2D eigenvalue weighted by atomic mass is 9.82. The zero-order chi connectivity index (χ0) is 12.8. The van der Waals surface area contributed by atoms with Crippen LogP contribution in [-0.4, -0.2) is 33.0 Å². The summed E-state index contributed by atoms with van der Waals surface area (Å²) in [6.07, 6.45) is 9.22. The van der Waals surface area contributed by atoms with Gasteiger partial charge in [-0.2, -0.15) is 0 Å². The standard InChI is InChI=1S/C12H21N5O/c13-12(5-2-1-3-6-12)11(18)14-7-4-9-17-10-8-15-16-17/h8,10H,1-7,9,13H2,(H,14,18). The van der Waals surface area contributed by atoms with Crippen molar-refractivity contribution in [3.8, 4) is 0 Å². The van der Waals surface area contributed by atoms with E-state index >= 15 is 0 Å². The molecule has 1 aliphatic rings. The van der Waals surface area contributed by atoms with E-state index < -0.39 is 5.54 Å². The largest absolute Gasteiger partial charge is 0.354 e. The number of carbonyl (C=O) groups excluding carboxylic acids is 1. The van der Waals surface area contributed by atoms with Crippen molar-refractivity contribution < 1.29 is 4.79 Å². The number of nitrogens with two attached hydrogens (primary N) is 1. The molecular weight excluding hydrogens is 230 g/mol. The third-order valence-electron chi connectivity index (χ3n) is 3.52. The Morgan fingerprint density at radius 2 is 2.17 bits per heavy atom. The molecule has 1 amide bonds. The maximum absolute atomic E-state index is 12.0. The van der Waals surface area contributed by atoms with Crippen LogP contribution in [0.4, 0.5) is 0 Å². The van der Waals surface area contributed by atoms with Gasteiger partial charge in [0.25, 0.3) is 0 Å². The van der Waals surface area contributed by atoms with Crippen LogP contribution in [0.1, 0.15) is 38.5 Å². The normalized spacial score (nSPS) is 18.5. The van der Waals surface area contributed by atoms with E-state index in [-0.39, 0.29) is 5.91 Å². The smallest absolute Gasteiger partial charge is 0.240 e. The van der Waals surface area contributed by atoms with E-state index in [1.165, 1.54) is 6.42 Å².